The summed E-state index contributed by atoms with van der Waals surface area (Å²) in [5.41, 5.74) is 1.99. The highest BCUT2D eigenvalue weighted by Crippen LogP contribution is 2.38. The second-order valence-electron chi connectivity index (χ2n) is 2.89. The molecular formula is C10H11BBr2O2. The molecular weight excluding hydrogens is 323 g/mol. The van der Waals surface area contributed by atoms with Crippen LogP contribution in [0, 0.1) is 0 Å². The molecule has 2 radical (unpaired) electrons. The van der Waals surface area contributed by atoms with Gasteiger partial charge in [0.25, 0.3) is 0 Å². The summed E-state index contributed by atoms with van der Waals surface area (Å²) in [4.78, 5) is 0. The fraction of sp³-hybridized carbons (Fsp3) is 0.400. The molecule has 0 saturated carbocycles. The lowest BCUT2D eigenvalue weighted by Crippen LogP contribution is -2.01. The van der Waals surface area contributed by atoms with E-state index in [1.54, 1.807) is 14.2 Å². The average Bonchev–Trinajstić information content (AvgIpc) is 2.27. The lowest BCUT2D eigenvalue weighted by molar-refractivity contribution is 0.395. The zero-order valence-electron chi connectivity index (χ0n) is 8.64. The SMILES string of the molecule is [B]Cc1c(OC)cc(Br)c(OC)c1CBr. The van der Waals surface area contributed by atoms with Crippen LogP contribution in [0.5, 0.6) is 11.5 Å². The molecule has 1 aromatic carbocycles. The Kier molecular flexibility index (Phi) is 4.99. The molecule has 0 atom stereocenters. The summed E-state index contributed by atoms with van der Waals surface area (Å²) in [6.45, 7) is 0. The lowest BCUT2D eigenvalue weighted by Gasteiger charge is -2.16. The minimum absolute atomic E-state index is 0.424. The number of alkyl halides is 1. The van der Waals surface area contributed by atoms with Crippen molar-refractivity contribution in [3.05, 3.63) is 21.7 Å². The van der Waals surface area contributed by atoms with Crippen LogP contribution in [0.1, 0.15) is 11.1 Å². The molecule has 1 aromatic rings. The standard InChI is InChI=1S/C10H11BBr2O2/c1-14-9-3-8(13)10(15-2)7(5-12)6(9)4-11/h3H,4-5H2,1-2H3. The fourth-order valence-electron chi connectivity index (χ4n) is 1.47. The smallest absolute Gasteiger partial charge is 0.137 e. The van der Waals surface area contributed by atoms with E-state index in [1.807, 2.05) is 6.07 Å². The quantitative estimate of drug-likeness (QED) is 0.623. The minimum atomic E-state index is 0.424. The summed E-state index contributed by atoms with van der Waals surface area (Å²) in [7, 11) is 8.97. The first kappa shape index (κ1) is 12.9. The molecule has 0 amide bonds. The third-order valence-electron chi connectivity index (χ3n) is 2.17. The van der Waals surface area contributed by atoms with Crippen molar-refractivity contribution >= 4 is 39.7 Å². The zero-order chi connectivity index (χ0) is 11.4. The number of halogens is 2. The summed E-state index contributed by atoms with van der Waals surface area (Å²) in [5, 5.41) is 0.679. The van der Waals surface area contributed by atoms with E-state index in [9.17, 15) is 0 Å². The van der Waals surface area contributed by atoms with Gasteiger partial charge in [-0.1, -0.05) is 22.3 Å². The lowest BCUT2D eigenvalue weighted by atomic mass is 9.92. The highest BCUT2D eigenvalue weighted by Gasteiger charge is 2.15. The van der Waals surface area contributed by atoms with Crippen molar-refractivity contribution in [2.75, 3.05) is 14.2 Å². The van der Waals surface area contributed by atoms with Crippen LogP contribution in [0.3, 0.4) is 0 Å². The number of rotatable bonds is 4. The van der Waals surface area contributed by atoms with Gasteiger partial charge in [0, 0.05) is 10.9 Å². The Morgan fingerprint density at radius 1 is 1.27 bits per heavy atom. The van der Waals surface area contributed by atoms with Crippen LogP contribution < -0.4 is 9.47 Å². The van der Waals surface area contributed by atoms with Crippen LogP contribution in [0.4, 0.5) is 0 Å². The number of benzene rings is 1. The van der Waals surface area contributed by atoms with Gasteiger partial charge in [0.05, 0.1) is 26.5 Å². The maximum Gasteiger partial charge on any atom is 0.137 e. The van der Waals surface area contributed by atoms with Gasteiger partial charge in [0.1, 0.15) is 11.5 Å². The van der Waals surface area contributed by atoms with Gasteiger partial charge in [-0.3, -0.25) is 0 Å². The Hall–Kier alpha value is -0.155. The maximum atomic E-state index is 5.70. The van der Waals surface area contributed by atoms with Gasteiger partial charge in [-0.15, -0.1) is 0 Å². The predicted octanol–water partition coefficient (Wildman–Crippen LogP) is 3.03. The number of hydrogen-bond donors (Lipinski definition) is 0. The maximum absolute atomic E-state index is 5.70. The van der Waals surface area contributed by atoms with E-state index in [2.05, 4.69) is 31.9 Å². The van der Waals surface area contributed by atoms with Gasteiger partial charge in [-0.25, -0.2) is 0 Å². The summed E-state index contributed by atoms with van der Waals surface area (Å²) >= 11 is 6.86. The van der Waals surface area contributed by atoms with Crippen molar-refractivity contribution in [3.8, 4) is 11.5 Å². The molecule has 0 unspecified atom stereocenters. The molecule has 0 N–H and O–H groups in total. The Morgan fingerprint density at radius 2 is 1.93 bits per heavy atom. The van der Waals surface area contributed by atoms with Gasteiger partial charge in [0.2, 0.25) is 0 Å². The molecule has 0 aromatic heterocycles. The molecule has 1 rings (SSSR count). The number of ether oxygens (including phenoxy) is 2. The Bertz CT molecular complexity index is 356. The Morgan fingerprint density at radius 3 is 2.33 bits per heavy atom. The molecule has 0 aliphatic heterocycles. The van der Waals surface area contributed by atoms with Crippen LogP contribution in [0.15, 0.2) is 10.5 Å². The van der Waals surface area contributed by atoms with Crippen LogP contribution >= 0.6 is 31.9 Å². The summed E-state index contributed by atoms with van der Waals surface area (Å²) in [5.74, 6) is 1.58. The molecule has 80 valence electrons. The first-order valence-electron chi connectivity index (χ1n) is 4.37. The topological polar surface area (TPSA) is 18.5 Å². The van der Waals surface area contributed by atoms with Gasteiger partial charge in [-0.05, 0) is 27.6 Å². The van der Waals surface area contributed by atoms with E-state index in [0.29, 0.717) is 11.7 Å². The van der Waals surface area contributed by atoms with Crippen LogP contribution in [-0.4, -0.2) is 22.1 Å². The Balaban J connectivity index is 3.44. The zero-order valence-corrected chi connectivity index (χ0v) is 11.8. The molecule has 0 fully saturated rings. The molecule has 0 spiro atoms. The van der Waals surface area contributed by atoms with Crippen molar-refractivity contribution in [1.82, 2.24) is 0 Å². The highest BCUT2D eigenvalue weighted by atomic mass is 79.9. The number of methoxy groups -OCH3 is 2. The molecule has 15 heavy (non-hydrogen) atoms. The van der Waals surface area contributed by atoms with Gasteiger partial charge < -0.3 is 9.47 Å². The molecule has 0 heterocycles. The van der Waals surface area contributed by atoms with Gasteiger partial charge in [0.15, 0.2) is 0 Å². The molecule has 0 aliphatic carbocycles. The molecule has 0 aliphatic rings. The van der Waals surface area contributed by atoms with E-state index < -0.39 is 0 Å². The van der Waals surface area contributed by atoms with E-state index in [0.717, 1.165) is 27.1 Å². The van der Waals surface area contributed by atoms with Crippen molar-refractivity contribution in [1.29, 1.82) is 0 Å². The summed E-state index contributed by atoms with van der Waals surface area (Å²) < 4.78 is 11.5. The second-order valence-corrected chi connectivity index (χ2v) is 4.30. The van der Waals surface area contributed by atoms with E-state index in [1.165, 1.54) is 0 Å². The predicted molar refractivity (Wildman–Crippen MR) is 69.3 cm³/mol. The monoisotopic (exact) mass is 332 g/mol. The largest absolute Gasteiger partial charge is 0.496 e. The Labute approximate surface area is 108 Å². The number of hydrogen-bond acceptors (Lipinski definition) is 2. The summed E-state index contributed by atoms with van der Waals surface area (Å²) in [6, 6.07) is 1.87. The second kappa shape index (κ2) is 5.80. The van der Waals surface area contributed by atoms with E-state index in [-0.39, 0.29) is 0 Å². The normalized spacial score (nSPS) is 10.1. The van der Waals surface area contributed by atoms with Gasteiger partial charge in [-0.2, -0.15) is 0 Å². The summed E-state index contributed by atoms with van der Waals surface area (Å²) in [6.07, 6.45) is 0.424. The molecule has 0 bridgehead atoms. The highest BCUT2D eigenvalue weighted by molar-refractivity contribution is 9.10. The van der Waals surface area contributed by atoms with E-state index in [4.69, 9.17) is 17.3 Å². The van der Waals surface area contributed by atoms with Crippen molar-refractivity contribution in [3.63, 3.8) is 0 Å². The molecule has 5 heteroatoms. The molecule has 0 saturated heterocycles. The van der Waals surface area contributed by atoms with Crippen molar-refractivity contribution in [2.45, 2.75) is 11.7 Å². The van der Waals surface area contributed by atoms with E-state index >= 15 is 0 Å². The van der Waals surface area contributed by atoms with Crippen molar-refractivity contribution < 1.29 is 9.47 Å². The third kappa shape index (κ3) is 2.51. The third-order valence-corrected chi connectivity index (χ3v) is 3.32. The van der Waals surface area contributed by atoms with Crippen LogP contribution in [0.25, 0.3) is 0 Å². The van der Waals surface area contributed by atoms with Crippen LogP contribution in [0.2, 0.25) is 0 Å². The van der Waals surface area contributed by atoms with Gasteiger partial charge >= 0.3 is 0 Å². The minimum Gasteiger partial charge on any atom is -0.496 e. The van der Waals surface area contributed by atoms with Crippen LogP contribution in [-0.2, 0) is 11.7 Å². The molecule has 2 nitrogen and oxygen atoms in total. The average molecular weight is 334 g/mol. The fourth-order valence-corrected chi connectivity index (χ4v) is 2.67. The van der Waals surface area contributed by atoms with Crippen molar-refractivity contribution in [2.24, 2.45) is 0 Å². The first-order valence-corrected chi connectivity index (χ1v) is 6.29. The first-order chi connectivity index (χ1) is 7.19.